The number of halogens is 3. The van der Waals surface area contributed by atoms with Gasteiger partial charge < -0.3 is 14.8 Å². The molecule has 0 unspecified atom stereocenters. The molecule has 0 saturated carbocycles. The third-order valence-corrected chi connectivity index (χ3v) is 9.64. The lowest BCUT2D eigenvalue weighted by molar-refractivity contribution is -0.266. The summed E-state index contributed by atoms with van der Waals surface area (Å²) in [4.78, 5) is 13.3. The summed E-state index contributed by atoms with van der Waals surface area (Å²) >= 11 is 0. The van der Waals surface area contributed by atoms with E-state index in [1.807, 2.05) is 24.3 Å². The maximum absolute atomic E-state index is 14.2. The molecule has 39 heavy (non-hydrogen) atoms. The molecule has 3 aromatic carbocycles. The molecule has 0 bridgehead atoms. The van der Waals surface area contributed by atoms with E-state index < -0.39 is 39.4 Å². The maximum atomic E-state index is 14.2. The molecule has 0 aliphatic carbocycles. The van der Waals surface area contributed by atoms with Gasteiger partial charge in [0.1, 0.15) is 0 Å². The number of nitrogens with one attached hydrogen (secondary N) is 1. The SMILES string of the molecule is CO[C@@](C(=O)N[C@H]1COC2(CCN(S(=O)(=O)c3ccc4ccccc4c3)CC2)C1)(c1ccccc1)C(F)(F)F. The summed E-state index contributed by atoms with van der Waals surface area (Å²) in [6, 6.07) is 18.6. The van der Waals surface area contributed by atoms with Crippen LogP contribution in [0, 0.1) is 0 Å². The first-order valence-electron chi connectivity index (χ1n) is 12.6. The lowest BCUT2D eigenvalue weighted by atomic mass is 9.87. The second-order valence-electron chi connectivity index (χ2n) is 10.0. The van der Waals surface area contributed by atoms with Crippen molar-refractivity contribution in [2.24, 2.45) is 0 Å². The van der Waals surface area contributed by atoms with Crippen molar-refractivity contribution >= 4 is 26.7 Å². The number of hydrogen-bond acceptors (Lipinski definition) is 5. The number of benzene rings is 3. The van der Waals surface area contributed by atoms with Crippen molar-refractivity contribution in [2.45, 2.75) is 47.6 Å². The van der Waals surface area contributed by atoms with E-state index in [0.29, 0.717) is 12.8 Å². The number of carbonyl (C=O) groups is 1. The topological polar surface area (TPSA) is 84.9 Å². The molecule has 2 atom stereocenters. The normalized spacial score (nSPS) is 21.6. The van der Waals surface area contributed by atoms with Crippen LogP contribution >= 0.6 is 0 Å². The minimum absolute atomic E-state index is 0.0234. The van der Waals surface area contributed by atoms with Crippen LogP contribution in [0.4, 0.5) is 13.2 Å². The fraction of sp³-hybridized carbons (Fsp3) is 0.393. The average molecular weight is 563 g/mol. The van der Waals surface area contributed by atoms with Crippen LogP contribution in [0.3, 0.4) is 0 Å². The van der Waals surface area contributed by atoms with Crippen LogP contribution in [-0.2, 0) is 29.9 Å². The van der Waals surface area contributed by atoms with E-state index in [1.54, 1.807) is 24.3 Å². The molecule has 11 heteroatoms. The summed E-state index contributed by atoms with van der Waals surface area (Å²) in [5.74, 6) is -1.31. The molecule has 7 nitrogen and oxygen atoms in total. The summed E-state index contributed by atoms with van der Waals surface area (Å²) in [6.45, 7) is 0.421. The zero-order valence-electron chi connectivity index (χ0n) is 21.3. The number of sulfonamides is 1. The lowest BCUT2D eigenvalue weighted by Crippen LogP contribution is -2.57. The van der Waals surface area contributed by atoms with Crippen molar-refractivity contribution in [3.63, 3.8) is 0 Å². The molecule has 1 spiro atoms. The highest BCUT2D eigenvalue weighted by atomic mass is 32.2. The molecule has 3 aromatic rings. The molecule has 1 N–H and O–H groups in total. The molecule has 2 aliphatic rings. The van der Waals surface area contributed by atoms with Gasteiger partial charge in [-0.05, 0) is 42.2 Å². The monoisotopic (exact) mass is 562 g/mol. The number of methoxy groups -OCH3 is 1. The van der Waals surface area contributed by atoms with Crippen LogP contribution in [-0.4, -0.2) is 63.3 Å². The van der Waals surface area contributed by atoms with Crippen molar-refractivity contribution in [2.75, 3.05) is 26.8 Å². The third-order valence-electron chi connectivity index (χ3n) is 7.74. The Hall–Kier alpha value is -2.99. The summed E-state index contributed by atoms with van der Waals surface area (Å²) < 4.78 is 81.6. The number of piperidine rings is 1. The van der Waals surface area contributed by atoms with E-state index in [2.05, 4.69) is 5.32 Å². The Kier molecular flexibility index (Phi) is 7.21. The maximum Gasteiger partial charge on any atom is 0.430 e. The predicted molar refractivity (Wildman–Crippen MR) is 138 cm³/mol. The number of hydrogen-bond donors (Lipinski definition) is 1. The zero-order chi connectivity index (χ0) is 27.9. The molecule has 0 aromatic heterocycles. The first kappa shape index (κ1) is 27.6. The largest absolute Gasteiger partial charge is 0.430 e. The number of fused-ring (bicyclic) bond motifs is 1. The number of nitrogens with zero attached hydrogens (tertiary/aromatic N) is 1. The van der Waals surface area contributed by atoms with E-state index in [4.69, 9.17) is 9.47 Å². The van der Waals surface area contributed by atoms with Crippen molar-refractivity contribution < 1.29 is 35.9 Å². The lowest BCUT2D eigenvalue weighted by Gasteiger charge is -2.38. The van der Waals surface area contributed by atoms with Crippen molar-refractivity contribution in [1.29, 1.82) is 0 Å². The summed E-state index contributed by atoms with van der Waals surface area (Å²) in [5.41, 5.74) is -4.21. The molecule has 0 radical (unpaired) electrons. The van der Waals surface area contributed by atoms with E-state index in [-0.39, 0.29) is 36.6 Å². The zero-order valence-corrected chi connectivity index (χ0v) is 22.1. The Labute approximate surface area is 224 Å². The molecule has 1 amide bonds. The van der Waals surface area contributed by atoms with Gasteiger partial charge in [-0.2, -0.15) is 17.5 Å². The molecule has 2 saturated heterocycles. The number of alkyl halides is 3. The van der Waals surface area contributed by atoms with Gasteiger partial charge in [-0.15, -0.1) is 0 Å². The minimum Gasteiger partial charge on any atom is -0.373 e. The first-order chi connectivity index (χ1) is 18.5. The number of rotatable bonds is 6. The Morgan fingerprint density at radius 1 is 1.00 bits per heavy atom. The Bertz CT molecular complexity index is 1460. The molecular formula is C28H29F3N2O5S. The Morgan fingerprint density at radius 3 is 2.28 bits per heavy atom. The van der Waals surface area contributed by atoms with Crippen LogP contribution in [0.25, 0.3) is 10.8 Å². The second-order valence-corrected chi connectivity index (χ2v) is 12.0. The number of amides is 1. The molecule has 2 fully saturated rings. The highest BCUT2D eigenvalue weighted by Crippen LogP contribution is 2.43. The average Bonchev–Trinajstić information content (AvgIpc) is 3.30. The van der Waals surface area contributed by atoms with E-state index in [0.717, 1.165) is 17.9 Å². The van der Waals surface area contributed by atoms with Crippen molar-refractivity contribution in [1.82, 2.24) is 9.62 Å². The molecular weight excluding hydrogens is 533 g/mol. The van der Waals surface area contributed by atoms with E-state index in [1.165, 1.54) is 28.6 Å². The van der Waals surface area contributed by atoms with Crippen LogP contribution in [0.15, 0.2) is 77.7 Å². The molecule has 2 aliphatic heterocycles. The van der Waals surface area contributed by atoms with Gasteiger partial charge in [-0.3, -0.25) is 4.79 Å². The van der Waals surface area contributed by atoms with Gasteiger partial charge in [0.2, 0.25) is 10.0 Å². The standard InChI is InChI=1S/C28H29F3N2O5S/c1-37-27(28(29,30)31,22-9-3-2-4-10-22)25(34)32-23-18-26(38-19-23)13-15-33(16-14-26)39(35,36)24-12-11-20-7-5-6-8-21(20)17-24/h2-12,17,23H,13-16,18-19H2,1H3,(H,32,34)/t23-,27-/m1/s1. The van der Waals surface area contributed by atoms with Gasteiger partial charge in [0.25, 0.3) is 11.5 Å². The fourth-order valence-corrected chi connectivity index (χ4v) is 7.08. The fourth-order valence-electron chi connectivity index (χ4n) is 5.61. The van der Waals surface area contributed by atoms with Crippen LogP contribution in [0.2, 0.25) is 0 Å². The molecule has 2 heterocycles. The van der Waals surface area contributed by atoms with Gasteiger partial charge in [0, 0.05) is 25.8 Å². The Balaban J connectivity index is 1.26. The number of carbonyl (C=O) groups excluding carboxylic acids is 1. The van der Waals surface area contributed by atoms with E-state index >= 15 is 0 Å². The van der Waals surface area contributed by atoms with Gasteiger partial charge in [-0.25, -0.2) is 8.42 Å². The van der Waals surface area contributed by atoms with Gasteiger partial charge in [0.05, 0.1) is 23.1 Å². The Morgan fingerprint density at radius 2 is 1.64 bits per heavy atom. The van der Waals surface area contributed by atoms with E-state index in [9.17, 15) is 26.4 Å². The minimum atomic E-state index is -5.01. The molecule has 5 rings (SSSR count). The highest BCUT2D eigenvalue weighted by molar-refractivity contribution is 7.89. The van der Waals surface area contributed by atoms with Crippen LogP contribution < -0.4 is 5.32 Å². The van der Waals surface area contributed by atoms with Gasteiger partial charge in [0.15, 0.2) is 0 Å². The summed E-state index contributed by atoms with van der Waals surface area (Å²) in [5, 5.41) is 4.26. The highest BCUT2D eigenvalue weighted by Gasteiger charge is 2.63. The van der Waals surface area contributed by atoms with Crippen LogP contribution in [0.1, 0.15) is 24.8 Å². The van der Waals surface area contributed by atoms with Crippen molar-refractivity contribution in [3.05, 3.63) is 78.4 Å². The smallest absolute Gasteiger partial charge is 0.373 e. The van der Waals surface area contributed by atoms with Crippen LogP contribution in [0.5, 0.6) is 0 Å². The predicted octanol–water partition coefficient (Wildman–Crippen LogP) is 4.37. The van der Waals surface area contributed by atoms with Crippen molar-refractivity contribution in [3.8, 4) is 0 Å². The third kappa shape index (κ3) is 4.93. The number of ether oxygens (including phenoxy) is 2. The first-order valence-corrected chi connectivity index (χ1v) is 14.1. The summed E-state index contributed by atoms with van der Waals surface area (Å²) in [6.07, 6.45) is -4.01. The molecule has 208 valence electrons. The van der Waals surface area contributed by atoms with Gasteiger partial charge in [-0.1, -0.05) is 60.7 Å². The van der Waals surface area contributed by atoms with Gasteiger partial charge >= 0.3 is 6.18 Å². The summed E-state index contributed by atoms with van der Waals surface area (Å²) in [7, 11) is -2.88. The quantitative estimate of drug-likeness (QED) is 0.482. The second kappa shape index (κ2) is 10.2.